The molecular weight excluding hydrogens is 454 g/mol. The first-order chi connectivity index (χ1) is 16.5. The molecule has 3 rings (SSSR count). The minimum atomic E-state index is -1.11. The molecule has 0 aromatic heterocycles. The van der Waals surface area contributed by atoms with Crippen molar-refractivity contribution in [2.75, 3.05) is 12.4 Å². The van der Waals surface area contributed by atoms with Crippen molar-refractivity contribution in [3.63, 3.8) is 0 Å². The number of benzene rings is 3. The van der Waals surface area contributed by atoms with Crippen molar-refractivity contribution in [1.82, 2.24) is 5.32 Å². The van der Waals surface area contributed by atoms with Gasteiger partial charge in [0.25, 0.3) is 5.91 Å². The Morgan fingerprint density at radius 2 is 1.54 bits per heavy atom. The number of carbonyl (C=O) groups is 2. The first-order valence-electron chi connectivity index (χ1n) is 11.1. The largest absolute Gasteiger partial charge is 0.491 e. The highest BCUT2D eigenvalue weighted by molar-refractivity contribution is 5.99. The average molecular weight is 483 g/mol. The number of carboxylic acids is 1. The van der Waals surface area contributed by atoms with Crippen LogP contribution in [0.1, 0.15) is 46.9 Å². The number of carbonyl (C=O) groups excluding carboxylic acids is 1. The number of rotatable bonds is 8. The molecule has 6 nitrogen and oxygen atoms in total. The van der Waals surface area contributed by atoms with Gasteiger partial charge in [-0.05, 0) is 79.8 Å². The van der Waals surface area contributed by atoms with E-state index in [1.54, 1.807) is 20.8 Å². The topological polar surface area (TPSA) is 87.7 Å². The van der Waals surface area contributed by atoms with Crippen LogP contribution >= 0.6 is 0 Å². The fourth-order valence-electron chi connectivity index (χ4n) is 3.97. The van der Waals surface area contributed by atoms with Crippen LogP contribution in [0.15, 0.2) is 48.5 Å². The van der Waals surface area contributed by atoms with Gasteiger partial charge in [0, 0.05) is 17.3 Å². The van der Waals surface area contributed by atoms with E-state index in [4.69, 9.17) is 9.84 Å². The standard InChI is InChI=1S/C27H28F2N2O4/c1-14-9-20(10-15(2)24(14)26(32)31-17(4)27(33)34)18-7-6-8-21(11-18)30-16(3)19-12-22(28)25(35-5)23(29)13-19/h6-13,16-17,30H,1-5H3,(H,31,32)(H,33,34)/t16?,17-/m0/s1. The normalized spacial score (nSPS) is 12.5. The summed E-state index contributed by atoms with van der Waals surface area (Å²) in [6.07, 6.45) is 0. The molecule has 0 fully saturated rings. The second-order valence-corrected chi connectivity index (χ2v) is 8.48. The van der Waals surface area contributed by atoms with Crippen LogP contribution in [0.4, 0.5) is 14.5 Å². The molecule has 0 radical (unpaired) electrons. The monoisotopic (exact) mass is 482 g/mol. The smallest absolute Gasteiger partial charge is 0.325 e. The first kappa shape index (κ1) is 25.7. The molecule has 0 aliphatic heterocycles. The number of hydrogen-bond donors (Lipinski definition) is 3. The van der Waals surface area contributed by atoms with E-state index in [9.17, 15) is 18.4 Å². The van der Waals surface area contributed by atoms with E-state index in [-0.39, 0.29) is 6.04 Å². The summed E-state index contributed by atoms with van der Waals surface area (Å²) in [6.45, 7) is 6.81. The third kappa shape index (κ3) is 5.77. The quantitative estimate of drug-likeness (QED) is 0.387. The number of hydrogen-bond acceptors (Lipinski definition) is 4. The average Bonchev–Trinajstić information content (AvgIpc) is 2.78. The van der Waals surface area contributed by atoms with E-state index >= 15 is 0 Å². The van der Waals surface area contributed by atoms with Gasteiger partial charge in [-0.15, -0.1) is 0 Å². The van der Waals surface area contributed by atoms with Crippen molar-refractivity contribution in [3.8, 4) is 16.9 Å². The zero-order valence-corrected chi connectivity index (χ0v) is 20.2. The Bertz CT molecular complexity index is 1230. The molecule has 3 aromatic rings. The SMILES string of the molecule is COc1c(F)cc(C(C)Nc2cccc(-c3cc(C)c(C(=O)N[C@@H](C)C(=O)O)c(C)c3)c2)cc1F. The molecule has 2 atom stereocenters. The van der Waals surface area contributed by atoms with Crippen LogP contribution in [-0.2, 0) is 4.79 Å². The fraction of sp³-hybridized carbons (Fsp3) is 0.259. The summed E-state index contributed by atoms with van der Waals surface area (Å²) in [5, 5.41) is 14.8. The molecule has 1 amide bonds. The van der Waals surface area contributed by atoms with Gasteiger partial charge in [-0.2, -0.15) is 0 Å². The Balaban J connectivity index is 1.85. The second-order valence-electron chi connectivity index (χ2n) is 8.48. The number of anilines is 1. The van der Waals surface area contributed by atoms with Gasteiger partial charge in [0.1, 0.15) is 6.04 Å². The third-order valence-electron chi connectivity index (χ3n) is 5.78. The maximum Gasteiger partial charge on any atom is 0.325 e. The van der Waals surface area contributed by atoms with Gasteiger partial charge in [0.15, 0.2) is 17.4 Å². The number of ether oxygens (including phenoxy) is 1. The third-order valence-corrected chi connectivity index (χ3v) is 5.78. The molecule has 8 heteroatoms. The number of halogens is 2. The van der Waals surface area contributed by atoms with Gasteiger partial charge in [0.05, 0.1) is 7.11 Å². The molecule has 184 valence electrons. The number of amides is 1. The van der Waals surface area contributed by atoms with E-state index in [0.717, 1.165) is 16.8 Å². The van der Waals surface area contributed by atoms with Gasteiger partial charge in [-0.3, -0.25) is 9.59 Å². The molecule has 0 aliphatic rings. The molecule has 3 aromatic carbocycles. The second kappa shape index (κ2) is 10.5. The Morgan fingerprint density at radius 3 is 2.09 bits per heavy atom. The van der Waals surface area contributed by atoms with Gasteiger partial charge in [0.2, 0.25) is 0 Å². The van der Waals surface area contributed by atoms with Crippen LogP contribution < -0.4 is 15.4 Å². The molecule has 0 saturated carbocycles. The number of aryl methyl sites for hydroxylation is 2. The lowest BCUT2D eigenvalue weighted by atomic mass is 9.94. The van der Waals surface area contributed by atoms with E-state index < -0.39 is 35.3 Å². The molecule has 0 bridgehead atoms. The fourth-order valence-corrected chi connectivity index (χ4v) is 3.97. The Kier molecular flexibility index (Phi) is 7.74. The predicted octanol–water partition coefficient (Wildman–Crippen LogP) is 5.63. The molecule has 1 unspecified atom stereocenters. The number of methoxy groups -OCH3 is 1. The highest BCUT2D eigenvalue weighted by Crippen LogP contribution is 2.30. The number of nitrogens with one attached hydrogen (secondary N) is 2. The van der Waals surface area contributed by atoms with Crippen LogP contribution in [0.5, 0.6) is 5.75 Å². The Morgan fingerprint density at radius 1 is 0.943 bits per heavy atom. The Hall–Kier alpha value is -3.94. The minimum Gasteiger partial charge on any atom is -0.491 e. The van der Waals surface area contributed by atoms with Gasteiger partial charge in [-0.1, -0.05) is 24.3 Å². The molecule has 35 heavy (non-hydrogen) atoms. The number of carboxylic acid groups (broad SMARTS) is 1. The number of aliphatic carboxylic acids is 1. The first-order valence-corrected chi connectivity index (χ1v) is 11.1. The zero-order chi connectivity index (χ0) is 25.9. The van der Waals surface area contributed by atoms with Gasteiger partial charge in [-0.25, -0.2) is 8.78 Å². The minimum absolute atomic E-state index is 0.383. The summed E-state index contributed by atoms with van der Waals surface area (Å²) in [5.74, 6) is -3.49. The lowest BCUT2D eigenvalue weighted by Crippen LogP contribution is -2.38. The zero-order valence-electron chi connectivity index (χ0n) is 20.2. The van der Waals surface area contributed by atoms with E-state index in [0.29, 0.717) is 22.3 Å². The van der Waals surface area contributed by atoms with E-state index in [1.165, 1.54) is 26.2 Å². The molecule has 0 saturated heterocycles. The van der Waals surface area contributed by atoms with Crippen molar-refractivity contribution < 1.29 is 28.2 Å². The summed E-state index contributed by atoms with van der Waals surface area (Å²) < 4.78 is 33.0. The van der Waals surface area contributed by atoms with Crippen LogP contribution in [0.3, 0.4) is 0 Å². The van der Waals surface area contributed by atoms with Crippen LogP contribution in [0.25, 0.3) is 11.1 Å². The van der Waals surface area contributed by atoms with Gasteiger partial charge >= 0.3 is 5.97 Å². The summed E-state index contributed by atoms with van der Waals surface area (Å²) in [7, 11) is 1.22. The lowest BCUT2D eigenvalue weighted by molar-refractivity contribution is -0.138. The molecule has 0 heterocycles. The molecular formula is C27H28F2N2O4. The lowest BCUT2D eigenvalue weighted by Gasteiger charge is -2.18. The maximum absolute atomic E-state index is 14.1. The Labute approximate surface area is 202 Å². The highest BCUT2D eigenvalue weighted by Gasteiger charge is 2.19. The van der Waals surface area contributed by atoms with Crippen molar-refractivity contribution in [3.05, 3.63) is 82.4 Å². The van der Waals surface area contributed by atoms with Crippen molar-refractivity contribution in [2.45, 2.75) is 39.8 Å². The molecule has 3 N–H and O–H groups in total. The van der Waals surface area contributed by atoms with Crippen molar-refractivity contribution in [2.24, 2.45) is 0 Å². The van der Waals surface area contributed by atoms with Gasteiger partial charge < -0.3 is 20.5 Å². The van der Waals surface area contributed by atoms with Crippen molar-refractivity contribution >= 4 is 17.6 Å². The van der Waals surface area contributed by atoms with E-state index in [1.807, 2.05) is 36.4 Å². The van der Waals surface area contributed by atoms with Crippen molar-refractivity contribution in [1.29, 1.82) is 0 Å². The predicted molar refractivity (Wildman–Crippen MR) is 131 cm³/mol. The molecule has 0 aliphatic carbocycles. The van der Waals surface area contributed by atoms with Crippen LogP contribution in [-0.4, -0.2) is 30.1 Å². The van der Waals surface area contributed by atoms with Crippen LogP contribution in [0, 0.1) is 25.5 Å². The maximum atomic E-state index is 14.1. The van der Waals surface area contributed by atoms with E-state index in [2.05, 4.69) is 10.6 Å². The molecule has 0 spiro atoms. The van der Waals surface area contributed by atoms with Crippen LogP contribution in [0.2, 0.25) is 0 Å². The summed E-state index contributed by atoms with van der Waals surface area (Å²) in [5.41, 5.74) is 4.81. The summed E-state index contributed by atoms with van der Waals surface area (Å²) >= 11 is 0. The summed E-state index contributed by atoms with van der Waals surface area (Å²) in [6, 6.07) is 12.4. The highest BCUT2D eigenvalue weighted by atomic mass is 19.1. The summed E-state index contributed by atoms with van der Waals surface area (Å²) in [4.78, 5) is 23.7.